The Morgan fingerprint density at radius 3 is 2.57 bits per heavy atom. The first kappa shape index (κ1) is 20.3. The third kappa shape index (κ3) is 4.16. The summed E-state index contributed by atoms with van der Waals surface area (Å²) in [6.45, 7) is 8.70. The largest absolute Gasteiger partial charge is 0.490 e. The van der Waals surface area contributed by atoms with E-state index in [0.29, 0.717) is 24.0 Å². The summed E-state index contributed by atoms with van der Waals surface area (Å²) in [5, 5.41) is 0.916. The Kier molecular flexibility index (Phi) is 5.99. The standard InChI is InChI=1S/C23H28N4O3/c1-4-29-23(28)22-12-17-11-20(30-19-7-9-26(10-8-19)16(2)3)5-6-21(17)27(22)18-13-24-15-25-14-18/h5-6,11-16,19H,4,7-10H2,1-3H3. The molecule has 3 heterocycles. The Bertz CT molecular complexity index is 1010. The van der Waals surface area contributed by atoms with E-state index in [0.717, 1.165) is 42.6 Å². The summed E-state index contributed by atoms with van der Waals surface area (Å²) in [6.07, 6.45) is 7.09. The van der Waals surface area contributed by atoms with Gasteiger partial charge in [0.25, 0.3) is 0 Å². The highest BCUT2D eigenvalue weighted by Crippen LogP contribution is 2.29. The molecule has 0 atom stereocenters. The van der Waals surface area contributed by atoms with Crippen LogP contribution in [0.4, 0.5) is 0 Å². The van der Waals surface area contributed by atoms with Crippen molar-refractivity contribution in [2.45, 2.75) is 45.8 Å². The lowest BCUT2D eigenvalue weighted by Gasteiger charge is -2.34. The van der Waals surface area contributed by atoms with Crippen molar-refractivity contribution in [3.05, 3.63) is 48.7 Å². The molecule has 0 saturated carbocycles. The average Bonchev–Trinajstić information content (AvgIpc) is 3.14. The highest BCUT2D eigenvalue weighted by molar-refractivity contribution is 5.97. The zero-order valence-corrected chi connectivity index (χ0v) is 17.7. The molecule has 4 rings (SSSR count). The van der Waals surface area contributed by atoms with Gasteiger partial charge in [-0.2, -0.15) is 0 Å². The second kappa shape index (κ2) is 8.83. The van der Waals surface area contributed by atoms with Gasteiger partial charge in [0.1, 0.15) is 23.9 Å². The van der Waals surface area contributed by atoms with Crippen molar-refractivity contribution in [1.82, 2.24) is 19.4 Å². The monoisotopic (exact) mass is 408 g/mol. The lowest BCUT2D eigenvalue weighted by molar-refractivity contribution is 0.0517. The quantitative estimate of drug-likeness (QED) is 0.577. The summed E-state index contributed by atoms with van der Waals surface area (Å²) in [6, 6.07) is 8.35. The molecule has 1 fully saturated rings. The molecule has 0 bridgehead atoms. The van der Waals surface area contributed by atoms with Crippen molar-refractivity contribution >= 4 is 16.9 Å². The lowest BCUT2D eigenvalue weighted by atomic mass is 10.1. The molecule has 0 aliphatic carbocycles. The minimum absolute atomic E-state index is 0.214. The van der Waals surface area contributed by atoms with Gasteiger partial charge in [-0.1, -0.05) is 0 Å². The zero-order chi connectivity index (χ0) is 21.1. The number of hydrogen-bond donors (Lipinski definition) is 0. The molecule has 158 valence electrons. The van der Waals surface area contributed by atoms with Gasteiger partial charge in [0, 0.05) is 24.5 Å². The van der Waals surface area contributed by atoms with Crippen LogP contribution in [-0.4, -0.2) is 57.2 Å². The van der Waals surface area contributed by atoms with Gasteiger partial charge in [-0.15, -0.1) is 0 Å². The van der Waals surface area contributed by atoms with Gasteiger partial charge in [-0.25, -0.2) is 14.8 Å². The van der Waals surface area contributed by atoms with E-state index in [-0.39, 0.29) is 12.1 Å². The third-order valence-electron chi connectivity index (χ3n) is 5.57. The molecule has 1 aromatic carbocycles. The number of piperidine rings is 1. The fourth-order valence-corrected chi connectivity index (χ4v) is 4.01. The number of carbonyl (C=O) groups excluding carboxylic acids is 1. The van der Waals surface area contributed by atoms with E-state index in [4.69, 9.17) is 9.47 Å². The van der Waals surface area contributed by atoms with E-state index in [1.54, 1.807) is 19.3 Å². The molecule has 0 spiro atoms. The van der Waals surface area contributed by atoms with Crippen LogP contribution >= 0.6 is 0 Å². The van der Waals surface area contributed by atoms with Gasteiger partial charge >= 0.3 is 5.97 Å². The smallest absolute Gasteiger partial charge is 0.355 e. The summed E-state index contributed by atoms with van der Waals surface area (Å²) in [5.41, 5.74) is 2.05. The number of hydrogen-bond acceptors (Lipinski definition) is 6. The van der Waals surface area contributed by atoms with Crippen LogP contribution < -0.4 is 4.74 Å². The fraction of sp³-hybridized carbons (Fsp3) is 0.435. The summed E-state index contributed by atoms with van der Waals surface area (Å²) in [4.78, 5) is 23.2. The minimum Gasteiger partial charge on any atom is -0.490 e. The maximum absolute atomic E-state index is 12.6. The second-order valence-electron chi connectivity index (χ2n) is 7.85. The molecule has 7 heteroatoms. The average molecular weight is 409 g/mol. The van der Waals surface area contributed by atoms with E-state index in [1.165, 1.54) is 6.33 Å². The van der Waals surface area contributed by atoms with Gasteiger partial charge in [-0.05, 0) is 57.9 Å². The predicted molar refractivity (Wildman–Crippen MR) is 115 cm³/mol. The molecule has 0 unspecified atom stereocenters. The Balaban J connectivity index is 1.62. The van der Waals surface area contributed by atoms with Gasteiger partial charge < -0.3 is 18.9 Å². The first-order valence-electron chi connectivity index (χ1n) is 10.6. The third-order valence-corrected chi connectivity index (χ3v) is 5.57. The van der Waals surface area contributed by atoms with Crippen LogP contribution in [0.1, 0.15) is 44.1 Å². The van der Waals surface area contributed by atoms with Gasteiger partial charge in [-0.3, -0.25) is 0 Å². The van der Waals surface area contributed by atoms with Crippen LogP contribution in [0.5, 0.6) is 5.75 Å². The van der Waals surface area contributed by atoms with Crippen molar-refractivity contribution in [2.75, 3.05) is 19.7 Å². The Labute approximate surface area is 176 Å². The van der Waals surface area contributed by atoms with Crippen molar-refractivity contribution in [3.8, 4) is 11.4 Å². The van der Waals surface area contributed by atoms with Crippen molar-refractivity contribution in [2.24, 2.45) is 0 Å². The number of nitrogens with zero attached hydrogens (tertiary/aromatic N) is 4. The molecule has 1 aliphatic heterocycles. The Morgan fingerprint density at radius 2 is 1.90 bits per heavy atom. The molecule has 1 saturated heterocycles. The number of fused-ring (bicyclic) bond motifs is 1. The van der Waals surface area contributed by atoms with E-state index >= 15 is 0 Å². The molecule has 3 aromatic rings. The summed E-state index contributed by atoms with van der Waals surface area (Å²) < 4.78 is 13.4. The predicted octanol–water partition coefficient (Wildman–Crippen LogP) is 3.85. The van der Waals surface area contributed by atoms with Gasteiger partial charge in [0.2, 0.25) is 0 Å². The molecular weight excluding hydrogens is 380 g/mol. The lowest BCUT2D eigenvalue weighted by Crippen LogP contribution is -2.41. The summed E-state index contributed by atoms with van der Waals surface area (Å²) in [5.74, 6) is 0.448. The fourth-order valence-electron chi connectivity index (χ4n) is 4.01. The first-order valence-corrected chi connectivity index (χ1v) is 10.6. The topological polar surface area (TPSA) is 69.5 Å². The van der Waals surface area contributed by atoms with Crippen LogP contribution in [0.3, 0.4) is 0 Å². The van der Waals surface area contributed by atoms with Crippen LogP contribution in [0.25, 0.3) is 16.6 Å². The maximum atomic E-state index is 12.6. The maximum Gasteiger partial charge on any atom is 0.355 e. The van der Waals surface area contributed by atoms with E-state index in [9.17, 15) is 4.79 Å². The zero-order valence-electron chi connectivity index (χ0n) is 17.7. The number of rotatable bonds is 6. The van der Waals surface area contributed by atoms with Crippen molar-refractivity contribution in [1.29, 1.82) is 0 Å². The molecule has 30 heavy (non-hydrogen) atoms. The van der Waals surface area contributed by atoms with Crippen LogP contribution in [0, 0.1) is 0 Å². The second-order valence-corrected chi connectivity index (χ2v) is 7.85. The van der Waals surface area contributed by atoms with Crippen LogP contribution in [0.15, 0.2) is 43.0 Å². The van der Waals surface area contributed by atoms with Crippen LogP contribution in [0.2, 0.25) is 0 Å². The van der Waals surface area contributed by atoms with Gasteiger partial charge in [0.15, 0.2) is 0 Å². The van der Waals surface area contributed by atoms with Gasteiger partial charge in [0.05, 0.1) is 30.2 Å². The molecule has 1 aliphatic rings. The molecule has 0 radical (unpaired) electrons. The molecule has 2 aromatic heterocycles. The summed E-state index contributed by atoms with van der Waals surface area (Å²) in [7, 11) is 0. The highest BCUT2D eigenvalue weighted by atomic mass is 16.5. The molecule has 0 amide bonds. The number of likely N-dealkylation sites (tertiary alicyclic amines) is 1. The van der Waals surface area contributed by atoms with Crippen molar-refractivity contribution in [3.63, 3.8) is 0 Å². The number of ether oxygens (including phenoxy) is 2. The van der Waals surface area contributed by atoms with E-state index in [2.05, 4.69) is 28.7 Å². The Hall–Kier alpha value is -2.93. The molecule has 7 nitrogen and oxygen atoms in total. The first-order chi connectivity index (χ1) is 14.6. The number of esters is 1. The van der Waals surface area contributed by atoms with Crippen molar-refractivity contribution < 1.29 is 14.3 Å². The normalized spacial score (nSPS) is 15.6. The minimum atomic E-state index is -0.374. The van der Waals surface area contributed by atoms with E-state index < -0.39 is 0 Å². The molecule has 0 N–H and O–H groups in total. The number of aromatic nitrogens is 3. The highest BCUT2D eigenvalue weighted by Gasteiger charge is 2.23. The van der Waals surface area contributed by atoms with Crippen LogP contribution in [-0.2, 0) is 4.74 Å². The Morgan fingerprint density at radius 1 is 1.17 bits per heavy atom. The number of benzene rings is 1. The number of carbonyl (C=O) groups is 1. The summed E-state index contributed by atoms with van der Waals surface area (Å²) >= 11 is 0. The van der Waals surface area contributed by atoms with E-state index in [1.807, 2.05) is 28.8 Å². The molecular formula is C23H28N4O3. The SMILES string of the molecule is CCOC(=O)c1cc2cc(OC3CCN(C(C)C)CC3)ccc2n1-c1cncnc1.